The van der Waals surface area contributed by atoms with Gasteiger partial charge in [-0.2, -0.15) is 0 Å². The number of carbonyl (C=O) groups excluding carboxylic acids is 1. The van der Waals surface area contributed by atoms with Crippen molar-refractivity contribution < 1.29 is 24.2 Å². The number of hydrogen-bond acceptors (Lipinski definition) is 6. The number of anilines is 1. The van der Waals surface area contributed by atoms with Gasteiger partial charge in [-0.15, -0.1) is 11.3 Å². The van der Waals surface area contributed by atoms with E-state index in [0.29, 0.717) is 23.7 Å². The molecule has 0 radical (unpaired) electrons. The molecule has 8 heteroatoms. The molecule has 1 aromatic rings. The molecule has 0 aromatic carbocycles. The molecule has 1 saturated carbocycles. The first-order valence-electron chi connectivity index (χ1n) is 12.1. The molecule has 1 aliphatic carbocycles. The van der Waals surface area contributed by atoms with Gasteiger partial charge in [-0.25, -0.2) is 9.59 Å². The van der Waals surface area contributed by atoms with E-state index in [1.54, 1.807) is 4.90 Å². The third kappa shape index (κ3) is 7.92. The second-order valence-corrected chi connectivity index (χ2v) is 12.3. The first kappa shape index (κ1) is 26.4. The van der Waals surface area contributed by atoms with Gasteiger partial charge in [0.05, 0.1) is 29.3 Å². The number of amides is 1. The van der Waals surface area contributed by atoms with Gasteiger partial charge in [0.25, 0.3) is 0 Å². The molecule has 188 valence electrons. The molecule has 3 rings (SSSR count). The predicted molar refractivity (Wildman–Crippen MR) is 135 cm³/mol. The van der Waals surface area contributed by atoms with Gasteiger partial charge in [0.15, 0.2) is 0 Å². The van der Waals surface area contributed by atoms with Crippen LogP contribution in [0.3, 0.4) is 0 Å². The Morgan fingerprint density at radius 2 is 1.76 bits per heavy atom. The van der Waals surface area contributed by atoms with Crippen LogP contribution in [-0.2, 0) is 9.47 Å². The minimum Gasteiger partial charge on any atom is -0.477 e. The van der Waals surface area contributed by atoms with Crippen LogP contribution in [0.2, 0.25) is 0 Å². The normalized spacial score (nSPS) is 23.2. The summed E-state index contributed by atoms with van der Waals surface area (Å²) in [4.78, 5) is 26.8. The highest BCUT2D eigenvalue weighted by Crippen LogP contribution is 2.32. The van der Waals surface area contributed by atoms with Crippen molar-refractivity contribution in [3.63, 3.8) is 0 Å². The summed E-state index contributed by atoms with van der Waals surface area (Å²) in [5, 5.41) is 13.1. The van der Waals surface area contributed by atoms with Crippen LogP contribution in [0.5, 0.6) is 0 Å². The Balaban J connectivity index is 1.49. The van der Waals surface area contributed by atoms with Gasteiger partial charge in [-0.05, 0) is 79.7 Å². The van der Waals surface area contributed by atoms with Crippen LogP contribution in [0.4, 0.5) is 10.5 Å². The number of nitrogens with one attached hydrogen (secondary N) is 1. The molecular weight excluding hydrogens is 452 g/mol. The van der Waals surface area contributed by atoms with Crippen LogP contribution in [0.1, 0.15) is 88.2 Å². The zero-order chi connectivity index (χ0) is 25.1. The van der Waals surface area contributed by atoms with Crippen molar-refractivity contribution in [1.82, 2.24) is 4.90 Å². The summed E-state index contributed by atoms with van der Waals surface area (Å²) >= 11 is 1.22. The van der Waals surface area contributed by atoms with Gasteiger partial charge < -0.3 is 24.8 Å². The highest BCUT2D eigenvalue weighted by molar-refractivity contribution is 7.15. The second kappa shape index (κ2) is 10.6. The fourth-order valence-corrected chi connectivity index (χ4v) is 4.95. The molecule has 2 aliphatic rings. The van der Waals surface area contributed by atoms with E-state index in [0.717, 1.165) is 37.0 Å². The number of nitrogens with zero attached hydrogens (tertiary/aromatic N) is 1. The first-order chi connectivity index (χ1) is 15.8. The summed E-state index contributed by atoms with van der Waals surface area (Å²) in [6.07, 6.45) is 4.39. The second-order valence-electron chi connectivity index (χ2n) is 11.2. The summed E-state index contributed by atoms with van der Waals surface area (Å²) in [6, 6.07) is 2.07. The quantitative estimate of drug-likeness (QED) is 0.523. The molecule has 2 N–H and O–H groups in total. The standard InChI is InChI=1S/C26H38N2O5S/c1-25(2,3)13-11-20-15-21(22(34-20)23(29)30)27-17-7-9-18(10-8-17)32-19-12-14-28(16-19)24(31)33-26(4,5)6/h15,17-19,27H,7-10,12,14,16H2,1-6H3,(H,29,30)/t17-,18-,19-/m1/s1. The number of hydrogen-bond donors (Lipinski definition) is 2. The third-order valence-electron chi connectivity index (χ3n) is 5.70. The number of carbonyl (C=O) groups is 2. The fourth-order valence-electron chi connectivity index (χ4n) is 4.13. The molecule has 2 heterocycles. The van der Waals surface area contributed by atoms with Gasteiger partial charge in [0.1, 0.15) is 10.5 Å². The van der Waals surface area contributed by atoms with Gasteiger partial charge in [0, 0.05) is 18.0 Å². The van der Waals surface area contributed by atoms with Crippen molar-refractivity contribution in [1.29, 1.82) is 0 Å². The molecule has 0 spiro atoms. The Hall–Kier alpha value is -2.24. The molecule has 1 atom stereocenters. The average molecular weight is 491 g/mol. The minimum atomic E-state index is -0.927. The molecular formula is C26H38N2O5S. The van der Waals surface area contributed by atoms with Crippen molar-refractivity contribution in [2.75, 3.05) is 18.4 Å². The van der Waals surface area contributed by atoms with E-state index in [1.165, 1.54) is 11.3 Å². The first-order valence-corrected chi connectivity index (χ1v) is 12.9. The van der Waals surface area contributed by atoms with Gasteiger partial charge in [0.2, 0.25) is 0 Å². The van der Waals surface area contributed by atoms with E-state index in [9.17, 15) is 14.7 Å². The average Bonchev–Trinajstić information content (AvgIpc) is 3.33. The Labute approximate surface area is 207 Å². The van der Waals surface area contributed by atoms with Crippen LogP contribution >= 0.6 is 11.3 Å². The molecule has 0 bridgehead atoms. The highest BCUT2D eigenvalue weighted by Gasteiger charge is 2.33. The highest BCUT2D eigenvalue weighted by atomic mass is 32.1. The molecule has 1 amide bonds. The zero-order valence-electron chi connectivity index (χ0n) is 21.2. The lowest BCUT2D eigenvalue weighted by Crippen LogP contribution is -2.37. The van der Waals surface area contributed by atoms with E-state index in [4.69, 9.17) is 9.47 Å². The van der Waals surface area contributed by atoms with E-state index in [1.807, 2.05) is 47.6 Å². The van der Waals surface area contributed by atoms with E-state index in [-0.39, 0.29) is 29.8 Å². The number of carboxylic acids is 1. The predicted octanol–water partition coefficient (Wildman–Crippen LogP) is 5.59. The lowest BCUT2D eigenvalue weighted by atomic mass is 9.92. The molecule has 34 heavy (non-hydrogen) atoms. The van der Waals surface area contributed by atoms with Gasteiger partial charge >= 0.3 is 12.1 Å². The summed E-state index contributed by atoms with van der Waals surface area (Å²) in [6.45, 7) is 12.9. The summed E-state index contributed by atoms with van der Waals surface area (Å²) < 4.78 is 11.8. The Bertz CT molecular complexity index is 939. The van der Waals surface area contributed by atoms with Crippen LogP contribution in [0, 0.1) is 17.3 Å². The van der Waals surface area contributed by atoms with E-state index in [2.05, 4.69) is 17.2 Å². The largest absolute Gasteiger partial charge is 0.477 e. The third-order valence-corrected chi connectivity index (χ3v) is 6.74. The summed E-state index contributed by atoms with van der Waals surface area (Å²) in [5.41, 5.74) is 0.0243. The Kier molecular flexibility index (Phi) is 8.20. The monoisotopic (exact) mass is 490 g/mol. The minimum absolute atomic E-state index is 0.0430. The van der Waals surface area contributed by atoms with Crippen molar-refractivity contribution in [2.45, 2.75) is 97.5 Å². The molecule has 2 fully saturated rings. The van der Waals surface area contributed by atoms with Crippen molar-refractivity contribution in [3.05, 3.63) is 15.8 Å². The SMILES string of the molecule is CC(C)(C)C#Cc1cc(N[C@H]2CC[C@H](O[C@@H]3CCN(C(=O)OC(C)(C)C)C3)CC2)c(C(=O)O)s1. The number of carboxylic acid groups (broad SMARTS) is 1. The van der Waals surface area contributed by atoms with E-state index >= 15 is 0 Å². The summed E-state index contributed by atoms with van der Waals surface area (Å²) in [5.74, 6) is 5.36. The number of ether oxygens (including phenoxy) is 2. The van der Waals surface area contributed by atoms with Crippen LogP contribution in [-0.4, -0.2) is 59.0 Å². The maximum atomic E-state index is 12.3. The van der Waals surface area contributed by atoms with Crippen LogP contribution < -0.4 is 5.32 Å². The topological polar surface area (TPSA) is 88.1 Å². The fraction of sp³-hybridized carbons (Fsp3) is 0.692. The number of rotatable bonds is 5. The Morgan fingerprint density at radius 3 is 2.35 bits per heavy atom. The number of likely N-dealkylation sites (tertiary alicyclic amines) is 1. The molecule has 7 nitrogen and oxygen atoms in total. The van der Waals surface area contributed by atoms with E-state index < -0.39 is 11.6 Å². The van der Waals surface area contributed by atoms with Crippen LogP contribution in [0.25, 0.3) is 0 Å². The van der Waals surface area contributed by atoms with Crippen molar-refractivity contribution in [2.24, 2.45) is 5.41 Å². The smallest absolute Gasteiger partial charge is 0.410 e. The maximum absolute atomic E-state index is 12.3. The van der Waals surface area contributed by atoms with Crippen molar-refractivity contribution >= 4 is 29.1 Å². The molecule has 0 unspecified atom stereocenters. The molecule has 1 aromatic heterocycles. The molecule has 1 aliphatic heterocycles. The number of thiophene rings is 1. The van der Waals surface area contributed by atoms with Gasteiger partial charge in [-0.1, -0.05) is 11.8 Å². The summed E-state index contributed by atoms with van der Waals surface area (Å²) in [7, 11) is 0. The lowest BCUT2D eigenvalue weighted by molar-refractivity contribution is -0.0277. The Morgan fingerprint density at radius 1 is 1.09 bits per heavy atom. The maximum Gasteiger partial charge on any atom is 0.410 e. The number of aromatic carboxylic acids is 1. The van der Waals surface area contributed by atoms with Crippen LogP contribution in [0.15, 0.2) is 6.07 Å². The zero-order valence-corrected chi connectivity index (χ0v) is 22.0. The lowest BCUT2D eigenvalue weighted by Gasteiger charge is -2.31. The van der Waals surface area contributed by atoms with Gasteiger partial charge in [-0.3, -0.25) is 0 Å². The van der Waals surface area contributed by atoms with Crippen molar-refractivity contribution in [3.8, 4) is 11.8 Å². The molecule has 1 saturated heterocycles.